The minimum atomic E-state index is 0.306. The Kier molecular flexibility index (Phi) is 5.22. The summed E-state index contributed by atoms with van der Waals surface area (Å²) in [6, 6.07) is 49.6. The maximum atomic E-state index is 10.1. The molecule has 40 heavy (non-hydrogen) atoms. The summed E-state index contributed by atoms with van der Waals surface area (Å²) in [7, 11) is 0. The van der Waals surface area contributed by atoms with Crippen molar-refractivity contribution in [2.75, 3.05) is 0 Å². The zero-order valence-corrected chi connectivity index (χ0v) is 22.5. The van der Waals surface area contributed by atoms with Gasteiger partial charge in [-0.2, -0.15) is 0 Å². The number of aromatic hydroxyl groups is 1. The van der Waals surface area contributed by atoms with Crippen molar-refractivity contribution in [2.45, 2.75) is 0 Å². The van der Waals surface area contributed by atoms with Crippen LogP contribution in [0.25, 0.3) is 75.1 Å². The Balaban J connectivity index is 1.42. The van der Waals surface area contributed by atoms with Crippen molar-refractivity contribution in [3.8, 4) is 39.1 Å². The van der Waals surface area contributed by atoms with Crippen LogP contribution in [0.2, 0.25) is 0 Å². The molecule has 0 aliphatic heterocycles. The fourth-order valence-electron chi connectivity index (χ4n) is 6.16. The summed E-state index contributed by atoms with van der Waals surface area (Å²) >= 11 is 1.78. The van der Waals surface area contributed by atoms with E-state index in [0.29, 0.717) is 5.75 Å². The highest BCUT2D eigenvalue weighted by atomic mass is 32.1. The maximum Gasteiger partial charge on any atom is 0.116 e. The van der Waals surface area contributed by atoms with Crippen molar-refractivity contribution in [3.63, 3.8) is 0 Å². The number of hydrogen-bond donors (Lipinski definition) is 1. The van der Waals surface area contributed by atoms with Crippen molar-refractivity contribution >= 4 is 53.1 Å². The standard InChI is InChI=1S/C38H24OS/c39-28-18-20-35-34(23-28)29-19-17-27(22-36(29)40-35)38-32-15-6-4-13-30(32)37(31-14-5-7-16-33(31)38)26-12-8-11-25(21-26)24-9-2-1-3-10-24/h1-23,39H. The molecule has 0 atom stereocenters. The Morgan fingerprint density at radius 3 is 1.60 bits per heavy atom. The van der Waals surface area contributed by atoms with E-state index in [9.17, 15) is 5.11 Å². The topological polar surface area (TPSA) is 20.2 Å². The molecular weight excluding hydrogens is 504 g/mol. The molecule has 1 heterocycles. The lowest BCUT2D eigenvalue weighted by Gasteiger charge is -2.18. The number of phenols is 1. The second-order valence-electron chi connectivity index (χ2n) is 10.3. The van der Waals surface area contributed by atoms with Gasteiger partial charge >= 0.3 is 0 Å². The molecule has 8 rings (SSSR count). The van der Waals surface area contributed by atoms with E-state index in [2.05, 4.69) is 121 Å². The quantitative estimate of drug-likeness (QED) is 0.226. The highest BCUT2D eigenvalue weighted by Crippen LogP contribution is 2.45. The van der Waals surface area contributed by atoms with Crippen molar-refractivity contribution < 1.29 is 5.11 Å². The van der Waals surface area contributed by atoms with Crippen molar-refractivity contribution in [3.05, 3.63) is 140 Å². The van der Waals surface area contributed by atoms with E-state index in [1.54, 1.807) is 17.4 Å². The monoisotopic (exact) mass is 528 g/mol. The number of phenolic OH excluding ortho intramolecular Hbond substituents is 1. The van der Waals surface area contributed by atoms with Crippen LogP contribution in [0.4, 0.5) is 0 Å². The van der Waals surface area contributed by atoms with Gasteiger partial charge in [0.25, 0.3) is 0 Å². The van der Waals surface area contributed by atoms with Crippen LogP contribution in [0.1, 0.15) is 0 Å². The van der Waals surface area contributed by atoms with Gasteiger partial charge in [-0.1, -0.05) is 109 Å². The summed E-state index contributed by atoms with van der Waals surface area (Å²) in [5, 5.41) is 17.4. The van der Waals surface area contributed by atoms with E-state index in [0.717, 1.165) is 5.39 Å². The lowest BCUT2D eigenvalue weighted by atomic mass is 9.85. The highest BCUT2D eigenvalue weighted by Gasteiger charge is 2.17. The average Bonchev–Trinajstić information content (AvgIpc) is 3.37. The molecule has 188 valence electrons. The normalized spacial score (nSPS) is 11.6. The Morgan fingerprint density at radius 1 is 0.350 bits per heavy atom. The Morgan fingerprint density at radius 2 is 0.925 bits per heavy atom. The van der Waals surface area contributed by atoms with Crippen LogP contribution >= 0.6 is 11.3 Å². The molecule has 0 unspecified atom stereocenters. The maximum absolute atomic E-state index is 10.1. The predicted molar refractivity (Wildman–Crippen MR) is 172 cm³/mol. The molecule has 0 spiro atoms. The zero-order chi connectivity index (χ0) is 26.6. The number of thiophene rings is 1. The van der Waals surface area contributed by atoms with Gasteiger partial charge in [-0.3, -0.25) is 0 Å². The van der Waals surface area contributed by atoms with Crippen LogP contribution in [0.15, 0.2) is 140 Å². The Bertz CT molecular complexity index is 2170. The van der Waals surface area contributed by atoms with Crippen LogP contribution in [0.3, 0.4) is 0 Å². The summed E-state index contributed by atoms with van der Waals surface area (Å²) in [6.45, 7) is 0. The third-order valence-corrected chi connectivity index (χ3v) is 9.07. The van der Waals surface area contributed by atoms with Crippen molar-refractivity contribution in [2.24, 2.45) is 0 Å². The van der Waals surface area contributed by atoms with Crippen LogP contribution in [0.5, 0.6) is 5.75 Å². The molecule has 0 bridgehead atoms. The van der Waals surface area contributed by atoms with Gasteiger partial charge < -0.3 is 5.11 Å². The molecule has 1 nitrogen and oxygen atoms in total. The minimum absolute atomic E-state index is 0.306. The first-order valence-electron chi connectivity index (χ1n) is 13.5. The van der Waals surface area contributed by atoms with Gasteiger partial charge in [0.05, 0.1) is 0 Å². The minimum Gasteiger partial charge on any atom is -0.508 e. The molecular formula is C38H24OS. The molecule has 0 saturated carbocycles. The third kappa shape index (κ3) is 3.61. The summed E-state index contributed by atoms with van der Waals surface area (Å²) in [5.74, 6) is 0.306. The molecule has 1 N–H and O–H groups in total. The van der Waals surface area contributed by atoms with Crippen LogP contribution in [0, 0.1) is 0 Å². The van der Waals surface area contributed by atoms with E-state index in [4.69, 9.17) is 0 Å². The van der Waals surface area contributed by atoms with E-state index in [1.807, 2.05) is 12.1 Å². The molecule has 8 aromatic rings. The fraction of sp³-hybridized carbons (Fsp3) is 0. The van der Waals surface area contributed by atoms with Crippen LogP contribution < -0.4 is 0 Å². The fourth-order valence-corrected chi connectivity index (χ4v) is 7.28. The number of rotatable bonds is 3. The van der Waals surface area contributed by atoms with Gasteiger partial charge in [-0.25, -0.2) is 0 Å². The van der Waals surface area contributed by atoms with E-state index in [1.165, 1.54) is 69.7 Å². The lowest BCUT2D eigenvalue weighted by molar-refractivity contribution is 0.476. The predicted octanol–water partition coefficient (Wildman–Crippen LogP) is 11.1. The van der Waals surface area contributed by atoms with Gasteiger partial charge in [-0.15, -0.1) is 11.3 Å². The van der Waals surface area contributed by atoms with Gasteiger partial charge in [0.15, 0.2) is 0 Å². The molecule has 0 radical (unpaired) electrons. The largest absolute Gasteiger partial charge is 0.508 e. The first-order chi connectivity index (χ1) is 19.7. The third-order valence-electron chi connectivity index (χ3n) is 7.93. The highest BCUT2D eigenvalue weighted by molar-refractivity contribution is 7.25. The van der Waals surface area contributed by atoms with E-state index < -0.39 is 0 Å². The second-order valence-corrected chi connectivity index (χ2v) is 11.4. The molecule has 0 aliphatic carbocycles. The summed E-state index contributed by atoms with van der Waals surface area (Å²) in [5.41, 5.74) is 7.40. The molecule has 2 heteroatoms. The zero-order valence-electron chi connectivity index (χ0n) is 21.6. The number of hydrogen-bond acceptors (Lipinski definition) is 2. The van der Waals surface area contributed by atoms with Crippen LogP contribution in [-0.4, -0.2) is 5.11 Å². The van der Waals surface area contributed by atoms with E-state index in [-0.39, 0.29) is 0 Å². The average molecular weight is 529 g/mol. The second kappa shape index (κ2) is 9.08. The van der Waals surface area contributed by atoms with Crippen molar-refractivity contribution in [1.82, 2.24) is 0 Å². The molecule has 0 aliphatic rings. The molecule has 1 aromatic heterocycles. The molecule has 0 amide bonds. The van der Waals surface area contributed by atoms with Crippen LogP contribution in [-0.2, 0) is 0 Å². The summed E-state index contributed by atoms with van der Waals surface area (Å²) < 4.78 is 2.42. The number of benzene rings is 7. The number of fused-ring (bicyclic) bond motifs is 5. The van der Waals surface area contributed by atoms with E-state index >= 15 is 0 Å². The van der Waals surface area contributed by atoms with Gasteiger partial charge in [-0.05, 0) is 85.3 Å². The first-order valence-corrected chi connectivity index (χ1v) is 14.3. The van der Waals surface area contributed by atoms with Gasteiger partial charge in [0.2, 0.25) is 0 Å². The smallest absolute Gasteiger partial charge is 0.116 e. The molecule has 0 fully saturated rings. The summed E-state index contributed by atoms with van der Waals surface area (Å²) in [6.07, 6.45) is 0. The van der Waals surface area contributed by atoms with Crippen molar-refractivity contribution in [1.29, 1.82) is 0 Å². The first kappa shape index (κ1) is 23.0. The van der Waals surface area contributed by atoms with Gasteiger partial charge in [0, 0.05) is 20.2 Å². The Hall–Kier alpha value is -4.92. The van der Waals surface area contributed by atoms with Gasteiger partial charge in [0.1, 0.15) is 5.75 Å². The molecule has 0 saturated heterocycles. The SMILES string of the molecule is Oc1ccc2sc3cc(-c4c5ccccc5c(-c5cccc(-c6ccccc6)c5)c5ccccc45)ccc3c2c1. The molecule has 7 aromatic carbocycles. The lowest BCUT2D eigenvalue weighted by Crippen LogP contribution is -1.91. The Labute approximate surface area is 236 Å². The summed E-state index contributed by atoms with van der Waals surface area (Å²) in [4.78, 5) is 0.